The second kappa shape index (κ2) is 8.44. The van der Waals surface area contributed by atoms with Gasteiger partial charge in [0.1, 0.15) is 5.75 Å². The average Bonchev–Trinajstić information content (AvgIpc) is 2.63. The molecule has 3 nitrogen and oxygen atoms in total. The molecule has 0 unspecified atom stereocenters. The number of hydrogen-bond donors (Lipinski definition) is 0. The van der Waals surface area contributed by atoms with Crippen molar-refractivity contribution in [3.63, 3.8) is 0 Å². The van der Waals surface area contributed by atoms with Crippen LogP contribution in [0.25, 0.3) is 0 Å². The van der Waals surface area contributed by atoms with Crippen molar-refractivity contribution >= 4 is 11.4 Å². The predicted octanol–water partition coefficient (Wildman–Crippen LogP) is 4.49. The third-order valence-electron chi connectivity index (χ3n) is 4.18. The first kappa shape index (κ1) is 17.9. The van der Waals surface area contributed by atoms with Crippen LogP contribution in [-0.2, 0) is 6.42 Å². The standard InChI is InChI=1S/C21H26N2O/c1-6-17-8-10-18(11-9-17)21(23-14-16(3)22-4)20-13-19(24-5)12-7-15(20)2/h7-13H,6,14H2,1-5H3. The molecule has 0 heterocycles. The van der Waals surface area contributed by atoms with Crippen LogP contribution in [0.5, 0.6) is 5.75 Å². The molecule has 0 atom stereocenters. The molecule has 3 heteroatoms. The fraction of sp³-hybridized carbons (Fsp3) is 0.333. The maximum atomic E-state index is 5.40. The zero-order valence-electron chi connectivity index (χ0n) is 15.3. The molecule has 0 aromatic heterocycles. The Morgan fingerprint density at radius 3 is 2.38 bits per heavy atom. The topological polar surface area (TPSA) is 34.0 Å². The molecule has 0 aliphatic carbocycles. The van der Waals surface area contributed by atoms with Crippen LogP contribution in [0.2, 0.25) is 0 Å². The molecule has 0 spiro atoms. The summed E-state index contributed by atoms with van der Waals surface area (Å²) in [5.74, 6) is 0.842. The second-order valence-corrected chi connectivity index (χ2v) is 5.86. The Morgan fingerprint density at radius 1 is 1.08 bits per heavy atom. The van der Waals surface area contributed by atoms with Crippen LogP contribution in [0.1, 0.15) is 36.1 Å². The maximum Gasteiger partial charge on any atom is 0.119 e. The molecule has 0 aliphatic heterocycles. The molecular formula is C21H26N2O. The highest BCUT2D eigenvalue weighted by molar-refractivity contribution is 6.14. The zero-order valence-corrected chi connectivity index (χ0v) is 15.3. The molecule has 126 valence electrons. The van der Waals surface area contributed by atoms with Gasteiger partial charge in [-0.2, -0.15) is 0 Å². The van der Waals surface area contributed by atoms with Gasteiger partial charge in [0.2, 0.25) is 0 Å². The van der Waals surface area contributed by atoms with E-state index in [1.165, 1.54) is 11.1 Å². The lowest BCUT2D eigenvalue weighted by atomic mass is 9.96. The third-order valence-corrected chi connectivity index (χ3v) is 4.18. The van der Waals surface area contributed by atoms with Crippen molar-refractivity contribution in [1.82, 2.24) is 0 Å². The first-order valence-electron chi connectivity index (χ1n) is 8.30. The molecule has 0 amide bonds. The number of hydrogen-bond acceptors (Lipinski definition) is 3. The maximum absolute atomic E-state index is 5.40. The van der Waals surface area contributed by atoms with E-state index in [2.05, 4.69) is 55.2 Å². The van der Waals surface area contributed by atoms with Crippen molar-refractivity contribution in [2.45, 2.75) is 27.2 Å². The summed E-state index contributed by atoms with van der Waals surface area (Å²) in [5.41, 5.74) is 6.72. The van der Waals surface area contributed by atoms with Crippen LogP contribution < -0.4 is 4.74 Å². The van der Waals surface area contributed by atoms with E-state index >= 15 is 0 Å². The second-order valence-electron chi connectivity index (χ2n) is 5.86. The van der Waals surface area contributed by atoms with Crippen LogP contribution in [-0.4, -0.2) is 32.1 Å². The quantitative estimate of drug-likeness (QED) is 0.721. The number of methoxy groups -OCH3 is 1. The van der Waals surface area contributed by atoms with Crippen molar-refractivity contribution in [3.05, 3.63) is 64.7 Å². The van der Waals surface area contributed by atoms with Gasteiger partial charge in [0, 0.05) is 23.9 Å². The van der Waals surface area contributed by atoms with Crippen LogP contribution in [0.4, 0.5) is 0 Å². The number of aliphatic imine (C=N–C) groups is 2. The van der Waals surface area contributed by atoms with Crippen molar-refractivity contribution < 1.29 is 4.74 Å². The summed E-state index contributed by atoms with van der Waals surface area (Å²) in [6.45, 7) is 6.86. The van der Waals surface area contributed by atoms with Crippen LogP contribution in [0, 0.1) is 6.92 Å². The van der Waals surface area contributed by atoms with Gasteiger partial charge in [-0.1, -0.05) is 37.3 Å². The van der Waals surface area contributed by atoms with Crippen molar-refractivity contribution in [3.8, 4) is 5.75 Å². The lowest BCUT2D eigenvalue weighted by molar-refractivity contribution is 0.414. The minimum Gasteiger partial charge on any atom is -0.497 e. The van der Waals surface area contributed by atoms with E-state index in [9.17, 15) is 0 Å². The monoisotopic (exact) mass is 322 g/mol. The Bertz CT molecular complexity index is 743. The highest BCUT2D eigenvalue weighted by Crippen LogP contribution is 2.21. The molecule has 0 saturated carbocycles. The molecule has 0 N–H and O–H groups in total. The molecule has 2 aromatic carbocycles. The highest BCUT2D eigenvalue weighted by atomic mass is 16.5. The van der Waals surface area contributed by atoms with Crippen molar-refractivity contribution in [1.29, 1.82) is 0 Å². The van der Waals surface area contributed by atoms with Crippen LogP contribution in [0.15, 0.2) is 52.4 Å². The minimum absolute atomic E-state index is 0.595. The third kappa shape index (κ3) is 4.31. The SMILES string of the molecule is CCc1ccc(C(=NCC(C)=NC)c2cc(OC)ccc2C)cc1. The van der Waals surface area contributed by atoms with E-state index in [-0.39, 0.29) is 0 Å². The van der Waals surface area contributed by atoms with Gasteiger partial charge in [-0.05, 0) is 43.5 Å². The number of aryl methyl sites for hydroxylation is 2. The van der Waals surface area contributed by atoms with Crippen molar-refractivity contribution in [2.24, 2.45) is 9.98 Å². The summed E-state index contributed by atoms with van der Waals surface area (Å²) in [7, 11) is 3.49. The number of nitrogens with zero attached hydrogens (tertiary/aromatic N) is 2. The summed E-state index contributed by atoms with van der Waals surface area (Å²) in [6.07, 6.45) is 1.03. The predicted molar refractivity (Wildman–Crippen MR) is 103 cm³/mol. The summed E-state index contributed by atoms with van der Waals surface area (Å²) in [4.78, 5) is 9.07. The number of ether oxygens (including phenoxy) is 1. The average molecular weight is 322 g/mol. The Kier molecular flexibility index (Phi) is 6.30. The lowest BCUT2D eigenvalue weighted by Gasteiger charge is -2.13. The molecule has 24 heavy (non-hydrogen) atoms. The van der Waals surface area contributed by atoms with E-state index in [4.69, 9.17) is 9.73 Å². The zero-order chi connectivity index (χ0) is 17.5. The smallest absolute Gasteiger partial charge is 0.119 e. The fourth-order valence-corrected chi connectivity index (χ4v) is 2.48. The van der Waals surface area contributed by atoms with Gasteiger partial charge >= 0.3 is 0 Å². The number of rotatable bonds is 6. The normalized spacial score (nSPS) is 12.4. The van der Waals surface area contributed by atoms with Gasteiger partial charge in [-0.25, -0.2) is 0 Å². The first-order valence-corrected chi connectivity index (χ1v) is 8.30. The van der Waals surface area contributed by atoms with E-state index < -0.39 is 0 Å². The van der Waals surface area contributed by atoms with Gasteiger partial charge in [0.05, 0.1) is 19.4 Å². The van der Waals surface area contributed by atoms with Gasteiger partial charge in [0.25, 0.3) is 0 Å². The Labute approximate surface area is 145 Å². The first-order chi connectivity index (χ1) is 11.6. The van der Waals surface area contributed by atoms with Gasteiger partial charge < -0.3 is 4.74 Å². The van der Waals surface area contributed by atoms with Crippen LogP contribution >= 0.6 is 0 Å². The van der Waals surface area contributed by atoms with E-state index in [1.807, 2.05) is 13.0 Å². The fourth-order valence-electron chi connectivity index (χ4n) is 2.48. The van der Waals surface area contributed by atoms with Gasteiger partial charge in [-0.15, -0.1) is 0 Å². The Balaban J connectivity index is 2.53. The Morgan fingerprint density at radius 2 is 1.79 bits per heavy atom. The molecule has 2 rings (SSSR count). The van der Waals surface area contributed by atoms with Crippen molar-refractivity contribution in [2.75, 3.05) is 20.7 Å². The highest BCUT2D eigenvalue weighted by Gasteiger charge is 2.11. The molecule has 0 aliphatic rings. The Hall–Kier alpha value is -2.42. The molecule has 0 bridgehead atoms. The number of benzene rings is 2. The minimum atomic E-state index is 0.595. The molecule has 2 aromatic rings. The summed E-state index contributed by atoms with van der Waals surface area (Å²) in [5, 5.41) is 0. The summed E-state index contributed by atoms with van der Waals surface area (Å²) in [6, 6.07) is 14.7. The summed E-state index contributed by atoms with van der Waals surface area (Å²) < 4.78 is 5.40. The largest absolute Gasteiger partial charge is 0.497 e. The van der Waals surface area contributed by atoms with E-state index in [0.29, 0.717) is 6.54 Å². The van der Waals surface area contributed by atoms with E-state index in [0.717, 1.165) is 34.7 Å². The molecule has 0 radical (unpaired) electrons. The molecule has 0 fully saturated rings. The molecule has 0 saturated heterocycles. The summed E-state index contributed by atoms with van der Waals surface area (Å²) >= 11 is 0. The van der Waals surface area contributed by atoms with Gasteiger partial charge in [-0.3, -0.25) is 9.98 Å². The molecular weight excluding hydrogens is 296 g/mol. The van der Waals surface area contributed by atoms with Crippen LogP contribution in [0.3, 0.4) is 0 Å². The van der Waals surface area contributed by atoms with E-state index in [1.54, 1.807) is 14.2 Å². The van der Waals surface area contributed by atoms with Gasteiger partial charge in [0.15, 0.2) is 0 Å². The lowest BCUT2D eigenvalue weighted by Crippen LogP contribution is -2.09.